The van der Waals surface area contributed by atoms with Gasteiger partial charge in [-0.1, -0.05) is 13.8 Å². The molecule has 7 nitrogen and oxygen atoms in total. The zero-order valence-electron chi connectivity index (χ0n) is 21.2. The van der Waals surface area contributed by atoms with E-state index in [0.717, 1.165) is 57.8 Å². The summed E-state index contributed by atoms with van der Waals surface area (Å²) in [7, 11) is 0. The maximum Gasteiger partial charge on any atom is 0.186 e. The Morgan fingerprint density at radius 3 is 2.41 bits per heavy atom. The van der Waals surface area contributed by atoms with E-state index in [2.05, 4.69) is 13.8 Å². The number of rotatable bonds is 4. The average molecular weight is 482 g/mol. The molecule has 0 unspecified atom stereocenters. The number of ether oxygens (including phenoxy) is 2. The average Bonchev–Trinajstić information content (AvgIpc) is 3.07. The molecule has 0 aromatic heterocycles. The smallest absolute Gasteiger partial charge is 0.186 e. The Morgan fingerprint density at radius 2 is 1.68 bits per heavy atom. The standard InChI is InChI=1S/C27H47NO6/c1-15-21(29)22(30)23(31)24(33-15)34-18-7-10-25(2)17(14-18)4-5-20-19(25)8-11-26(3)16(9-13-28)6-12-27(20,26)32/h15-24,29-32H,4-14,28H2,1-3H3/t15-,16+,17+,18-,19-,20+,21-,22+,23+,24-,25-,26+,27-/m0/s1. The molecule has 196 valence electrons. The SMILES string of the molecule is C[C@@H]1O[C@@H](O[C@H]2CC[C@@]3(C)[C@H](CC[C@@H]4[C@@H]3CC[C@]3(C)[C@@H](CCN)CC[C@]43O)C2)[C@H](O)[C@H](O)[C@H]1O. The van der Waals surface area contributed by atoms with Crippen LogP contribution in [0, 0.1) is 34.5 Å². The van der Waals surface area contributed by atoms with Crippen molar-refractivity contribution in [2.24, 2.45) is 40.2 Å². The monoisotopic (exact) mass is 481 g/mol. The Labute approximate surface area is 204 Å². The van der Waals surface area contributed by atoms with Crippen LogP contribution in [0.5, 0.6) is 0 Å². The highest BCUT2D eigenvalue weighted by Crippen LogP contribution is 2.69. The van der Waals surface area contributed by atoms with Crippen molar-refractivity contribution in [1.82, 2.24) is 0 Å². The van der Waals surface area contributed by atoms with Gasteiger partial charge in [0.2, 0.25) is 0 Å². The molecule has 0 aromatic carbocycles. The Balaban J connectivity index is 1.28. The van der Waals surface area contributed by atoms with Crippen molar-refractivity contribution in [3.8, 4) is 0 Å². The lowest BCUT2D eigenvalue weighted by Crippen LogP contribution is -2.62. The molecule has 0 spiro atoms. The van der Waals surface area contributed by atoms with E-state index in [1.165, 1.54) is 6.42 Å². The molecule has 5 fully saturated rings. The molecule has 7 heteroatoms. The molecule has 0 amide bonds. The molecule has 34 heavy (non-hydrogen) atoms. The number of aliphatic hydroxyl groups excluding tert-OH is 3. The molecule has 5 aliphatic rings. The van der Waals surface area contributed by atoms with E-state index in [-0.39, 0.29) is 16.9 Å². The molecular formula is C27H47NO6. The Bertz CT molecular complexity index is 753. The summed E-state index contributed by atoms with van der Waals surface area (Å²) >= 11 is 0. The molecule has 1 heterocycles. The van der Waals surface area contributed by atoms with Gasteiger partial charge >= 0.3 is 0 Å². The van der Waals surface area contributed by atoms with Gasteiger partial charge in [-0.25, -0.2) is 0 Å². The lowest BCUT2D eigenvalue weighted by Gasteiger charge is -2.64. The minimum Gasteiger partial charge on any atom is -0.389 e. The molecular weight excluding hydrogens is 434 g/mol. The maximum absolute atomic E-state index is 12.2. The predicted octanol–water partition coefficient (Wildman–Crippen LogP) is 2.32. The second kappa shape index (κ2) is 8.93. The largest absolute Gasteiger partial charge is 0.389 e. The first kappa shape index (κ1) is 25.4. The van der Waals surface area contributed by atoms with Crippen LogP contribution in [-0.2, 0) is 9.47 Å². The molecule has 4 aliphatic carbocycles. The highest BCUT2D eigenvalue weighted by atomic mass is 16.7. The molecule has 0 radical (unpaired) electrons. The first-order valence-electron chi connectivity index (χ1n) is 13.8. The Hall–Kier alpha value is -0.280. The molecule has 5 rings (SSSR count). The quantitative estimate of drug-likeness (QED) is 0.390. The highest BCUT2D eigenvalue weighted by molar-refractivity contribution is 5.16. The third kappa shape index (κ3) is 3.64. The van der Waals surface area contributed by atoms with Gasteiger partial charge in [-0.15, -0.1) is 0 Å². The van der Waals surface area contributed by atoms with Crippen molar-refractivity contribution in [1.29, 1.82) is 0 Å². The zero-order chi connectivity index (χ0) is 24.5. The molecule has 0 aromatic rings. The summed E-state index contributed by atoms with van der Waals surface area (Å²) in [6.07, 6.45) is 5.23. The van der Waals surface area contributed by atoms with Crippen LogP contribution in [0.25, 0.3) is 0 Å². The van der Waals surface area contributed by atoms with Gasteiger partial charge in [0.1, 0.15) is 18.3 Å². The summed E-state index contributed by atoms with van der Waals surface area (Å²) in [5.41, 5.74) is 5.56. The second-order valence-corrected chi connectivity index (χ2v) is 12.9. The Morgan fingerprint density at radius 1 is 0.912 bits per heavy atom. The zero-order valence-corrected chi connectivity index (χ0v) is 21.2. The van der Waals surface area contributed by atoms with Crippen LogP contribution >= 0.6 is 0 Å². The van der Waals surface area contributed by atoms with Gasteiger partial charge in [-0.05, 0) is 112 Å². The maximum atomic E-state index is 12.2. The number of hydrogen-bond donors (Lipinski definition) is 5. The van der Waals surface area contributed by atoms with E-state index in [9.17, 15) is 20.4 Å². The fraction of sp³-hybridized carbons (Fsp3) is 1.00. The second-order valence-electron chi connectivity index (χ2n) is 12.9. The van der Waals surface area contributed by atoms with Crippen molar-refractivity contribution in [3.05, 3.63) is 0 Å². The summed E-state index contributed by atoms with van der Waals surface area (Å²) in [6, 6.07) is 0. The number of fused-ring (bicyclic) bond motifs is 5. The molecule has 1 saturated heterocycles. The van der Waals surface area contributed by atoms with Crippen LogP contribution in [0.2, 0.25) is 0 Å². The first-order valence-corrected chi connectivity index (χ1v) is 13.8. The number of hydrogen-bond acceptors (Lipinski definition) is 7. The summed E-state index contributed by atoms with van der Waals surface area (Å²) in [5, 5.41) is 42.7. The van der Waals surface area contributed by atoms with E-state index in [1.54, 1.807) is 6.92 Å². The van der Waals surface area contributed by atoms with Gasteiger partial charge in [-0.3, -0.25) is 0 Å². The fourth-order valence-corrected chi connectivity index (χ4v) is 9.40. The van der Waals surface area contributed by atoms with E-state index < -0.39 is 36.3 Å². The summed E-state index contributed by atoms with van der Waals surface area (Å²) in [4.78, 5) is 0. The number of aliphatic hydroxyl groups is 4. The van der Waals surface area contributed by atoms with E-state index in [0.29, 0.717) is 30.2 Å². The Kier molecular flexibility index (Phi) is 6.66. The third-order valence-corrected chi connectivity index (χ3v) is 11.6. The van der Waals surface area contributed by atoms with Crippen molar-refractivity contribution in [2.45, 2.75) is 127 Å². The van der Waals surface area contributed by atoms with Crippen LogP contribution < -0.4 is 5.73 Å². The minimum absolute atomic E-state index is 0.00635. The van der Waals surface area contributed by atoms with Crippen LogP contribution in [0.1, 0.15) is 85.0 Å². The van der Waals surface area contributed by atoms with Crippen molar-refractivity contribution in [3.63, 3.8) is 0 Å². The number of nitrogens with two attached hydrogens (primary N) is 1. The molecule has 0 bridgehead atoms. The van der Waals surface area contributed by atoms with Crippen LogP contribution in [0.3, 0.4) is 0 Å². The molecule has 6 N–H and O–H groups in total. The summed E-state index contributed by atoms with van der Waals surface area (Å²) in [5.74, 6) is 1.97. The van der Waals surface area contributed by atoms with E-state index >= 15 is 0 Å². The van der Waals surface area contributed by atoms with Crippen LogP contribution in [-0.4, -0.2) is 69.4 Å². The van der Waals surface area contributed by atoms with Crippen molar-refractivity contribution >= 4 is 0 Å². The van der Waals surface area contributed by atoms with Crippen molar-refractivity contribution < 1.29 is 29.9 Å². The first-order chi connectivity index (χ1) is 16.0. The minimum atomic E-state index is -1.26. The van der Waals surface area contributed by atoms with Gasteiger partial charge in [-0.2, -0.15) is 0 Å². The fourth-order valence-electron chi connectivity index (χ4n) is 9.40. The van der Waals surface area contributed by atoms with Gasteiger partial charge in [0.25, 0.3) is 0 Å². The molecule has 4 saturated carbocycles. The van der Waals surface area contributed by atoms with Crippen LogP contribution in [0.15, 0.2) is 0 Å². The predicted molar refractivity (Wildman–Crippen MR) is 128 cm³/mol. The highest BCUT2D eigenvalue weighted by Gasteiger charge is 2.67. The van der Waals surface area contributed by atoms with E-state index in [1.807, 2.05) is 0 Å². The lowest BCUT2D eigenvalue weighted by molar-refractivity contribution is -0.310. The topological polar surface area (TPSA) is 125 Å². The molecule has 13 atom stereocenters. The summed E-state index contributed by atoms with van der Waals surface area (Å²) < 4.78 is 11.9. The summed E-state index contributed by atoms with van der Waals surface area (Å²) in [6.45, 7) is 7.20. The molecule has 1 aliphatic heterocycles. The van der Waals surface area contributed by atoms with Gasteiger partial charge < -0.3 is 35.6 Å². The third-order valence-electron chi connectivity index (χ3n) is 11.6. The normalized spacial score (nSPS) is 57.5. The van der Waals surface area contributed by atoms with Gasteiger partial charge in [0.15, 0.2) is 6.29 Å². The van der Waals surface area contributed by atoms with Gasteiger partial charge in [0, 0.05) is 0 Å². The van der Waals surface area contributed by atoms with Crippen LogP contribution in [0.4, 0.5) is 0 Å². The van der Waals surface area contributed by atoms with E-state index in [4.69, 9.17) is 15.2 Å². The van der Waals surface area contributed by atoms with Crippen molar-refractivity contribution in [2.75, 3.05) is 6.54 Å². The lowest BCUT2D eigenvalue weighted by atomic mass is 9.43. The van der Waals surface area contributed by atoms with Gasteiger partial charge in [0.05, 0.1) is 17.8 Å².